The van der Waals surface area contributed by atoms with Crippen molar-refractivity contribution in [2.75, 3.05) is 57.5 Å². The molecule has 2 heterocycles. The van der Waals surface area contributed by atoms with Crippen LogP contribution in [0.2, 0.25) is 0 Å². The number of nitrogens with one attached hydrogen (secondary N) is 2. The molecule has 4 rings (SSSR count). The Morgan fingerprint density at radius 2 is 1.41 bits per heavy atom. The van der Waals surface area contributed by atoms with Crippen molar-refractivity contribution in [2.24, 2.45) is 0 Å². The summed E-state index contributed by atoms with van der Waals surface area (Å²) in [7, 11) is -3.80. The molecule has 2 N–H and O–H groups in total. The number of hydrazine groups is 1. The van der Waals surface area contributed by atoms with Crippen molar-refractivity contribution in [3.05, 3.63) is 59.2 Å². The molecule has 0 atom stereocenters. The molecule has 2 aliphatic rings. The minimum atomic E-state index is -3.80. The topological polar surface area (TPSA) is 117 Å². The number of anilines is 1. The van der Waals surface area contributed by atoms with Gasteiger partial charge >= 0.3 is 0 Å². The standard InChI is InChI=1S/C23H28N4O6S/c1-17-4-2-3-5-19(17)22(28)24-25-23(29)20-16-18(34(30,31)27-10-14-33-15-11-27)6-7-21(20)26-8-12-32-13-9-26/h2-7,16H,8-15H2,1H3,(H,24,28)(H,25,29). The molecule has 2 aliphatic heterocycles. The molecule has 2 aromatic rings. The zero-order valence-corrected chi connectivity index (χ0v) is 19.8. The molecular weight excluding hydrogens is 460 g/mol. The van der Waals surface area contributed by atoms with Crippen molar-refractivity contribution in [3.63, 3.8) is 0 Å². The van der Waals surface area contributed by atoms with Crippen LogP contribution in [-0.2, 0) is 19.5 Å². The van der Waals surface area contributed by atoms with Gasteiger partial charge in [-0.3, -0.25) is 20.4 Å². The Morgan fingerprint density at radius 3 is 2.06 bits per heavy atom. The van der Waals surface area contributed by atoms with Gasteiger partial charge in [-0.1, -0.05) is 18.2 Å². The molecule has 0 spiro atoms. The van der Waals surface area contributed by atoms with Crippen LogP contribution in [0, 0.1) is 6.92 Å². The number of carbonyl (C=O) groups is 2. The molecular formula is C23H28N4O6S. The van der Waals surface area contributed by atoms with Gasteiger partial charge in [0.25, 0.3) is 11.8 Å². The van der Waals surface area contributed by atoms with Crippen LogP contribution in [0.15, 0.2) is 47.4 Å². The van der Waals surface area contributed by atoms with E-state index in [-0.39, 0.29) is 23.5 Å². The third-order valence-electron chi connectivity index (χ3n) is 5.85. The van der Waals surface area contributed by atoms with E-state index in [4.69, 9.17) is 9.47 Å². The van der Waals surface area contributed by atoms with Crippen LogP contribution < -0.4 is 15.8 Å². The minimum absolute atomic E-state index is 0.0155. The third kappa shape index (κ3) is 5.22. The maximum atomic E-state index is 13.2. The summed E-state index contributed by atoms with van der Waals surface area (Å²) in [5.41, 5.74) is 6.79. The smallest absolute Gasteiger partial charge is 0.271 e. The number of nitrogens with zero attached hydrogens (tertiary/aromatic N) is 2. The molecule has 0 unspecified atom stereocenters. The lowest BCUT2D eigenvalue weighted by molar-refractivity contribution is 0.0730. The Balaban J connectivity index is 1.61. The van der Waals surface area contributed by atoms with Gasteiger partial charge in [0.2, 0.25) is 10.0 Å². The summed E-state index contributed by atoms with van der Waals surface area (Å²) in [4.78, 5) is 27.7. The lowest BCUT2D eigenvalue weighted by atomic mass is 10.1. The van der Waals surface area contributed by atoms with E-state index in [2.05, 4.69) is 10.9 Å². The highest BCUT2D eigenvalue weighted by Gasteiger charge is 2.29. The molecule has 0 bridgehead atoms. The summed E-state index contributed by atoms with van der Waals surface area (Å²) >= 11 is 0. The van der Waals surface area contributed by atoms with Crippen molar-refractivity contribution < 1.29 is 27.5 Å². The highest BCUT2D eigenvalue weighted by molar-refractivity contribution is 7.89. The first-order chi connectivity index (χ1) is 16.4. The minimum Gasteiger partial charge on any atom is -0.379 e. The van der Waals surface area contributed by atoms with E-state index in [0.717, 1.165) is 5.56 Å². The van der Waals surface area contributed by atoms with Crippen LogP contribution in [0.4, 0.5) is 5.69 Å². The molecule has 0 saturated carbocycles. The second kappa shape index (κ2) is 10.5. The van der Waals surface area contributed by atoms with E-state index in [0.29, 0.717) is 50.8 Å². The average molecular weight is 489 g/mol. The Morgan fingerprint density at radius 1 is 0.824 bits per heavy atom. The van der Waals surface area contributed by atoms with E-state index in [1.54, 1.807) is 31.2 Å². The number of amides is 2. The zero-order chi connectivity index (χ0) is 24.1. The first kappa shape index (κ1) is 24.1. The van der Waals surface area contributed by atoms with Crippen LogP contribution in [0.1, 0.15) is 26.3 Å². The number of aryl methyl sites for hydroxylation is 1. The molecule has 0 aliphatic carbocycles. The van der Waals surface area contributed by atoms with Gasteiger partial charge in [0.05, 0.1) is 36.9 Å². The van der Waals surface area contributed by atoms with Crippen molar-refractivity contribution in [2.45, 2.75) is 11.8 Å². The monoisotopic (exact) mass is 488 g/mol. The molecule has 2 aromatic carbocycles. The molecule has 0 radical (unpaired) electrons. The summed E-state index contributed by atoms with van der Waals surface area (Å²) in [5.74, 6) is -1.07. The number of hydrogen-bond donors (Lipinski definition) is 2. The molecule has 0 aromatic heterocycles. The van der Waals surface area contributed by atoms with Gasteiger partial charge in [-0.25, -0.2) is 8.42 Å². The average Bonchev–Trinajstić information content (AvgIpc) is 2.88. The van der Waals surface area contributed by atoms with Gasteiger partial charge in [-0.05, 0) is 36.8 Å². The third-order valence-corrected chi connectivity index (χ3v) is 7.75. The van der Waals surface area contributed by atoms with E-state index in [1.807, 2.05) is 11.0 Å². The highest BCUT2D eigenvalue weighted by atomic mass is 32.2. The van der Waals surface area contributed by atoms with E-state index in [9.17, 15) is 18.0 Å². The Hall–Kier alpha value is -2.99. The van der Waals surface area contributed by atoms with Gasteiger partial charge < -0.3 is 14.4 Å². The lowest BCUT2D eigenvalue weighted by Crippen LogP contribution is -2.43. The Labute approximate surface area is 198 Å². The number of morpholine rings is 2. The van der Waals surface area contributed by atoms with Crippen molar-refractivity contribution in [3.8, 4) is 0 Å². The fourth-order valence-corrected chi connectivity index (χ4v) is 5.38. The van der Waals surface area contributed by atoms with Crippen LogP contribution >= 0.6 is 0 Å². The predicted octanol–water partition coefficient (Wildman–Crippen LogP) is 0.927. The second-order valence-corrected chi connectivity index (χ2v) is 9.96. The summed E-state index contributed by atoms with van der Waals surface area (Å²) in [6.45, 7) is 5.07. The van der Waals surface area contributed by atoms with Gasteiger partial charge in [0, 0.05) is 37.4 Å². The number of benzene rings is 2. The van der Waals surface area contributed by atoms with Crippen LogP contribution in [0.5, 0.6) is 0 Å². The fourth-order valence-electron chi connectivity index (χ4n) is 3.95. The maximum absolute atomic E-state index is 13.2. The molecule has 2 fully saturated rings. The number of ether oxygens (including phenoxy) is 2. The number of sulfonamides is 1. The Kier molecular flexibility index (Phi) is 7.47. The number of rotatable bonds is 5. The van der Waals surface area contributed by atoms with Crippen LogP contribution in [-0.4, -0.2) is 77.1 Å². The fraction of sp³-hybridized carbons (Fsp3) is 0.391. The van der Waals surface area contributed by atoms with Crippen molar-refractivity contribution in [1.82, 2.24) is 15.2 Å². The molecule has 2 saturated heterocycles. The maximum Gasteiger partial charge on any atom is 0.271 e. The molecule has 2 amide bonds. The van der Waals surface area contributed by atoms with Crippen LogP contribution in [0.25, 0.3) is 0 Å². The number of hydrogen-bond acceptors (Lipinski definition) is 7. The highest BCUT2D eigenvalue weighted by Crippen LogP contribution is 2.27. The van der Waals surface area contributed by atoms with E-state index >= 15 is 0 Å². The Bertz CT molecular complexity index is 1160. The summed E-state index contributed by atoms with van der Waals surface area (Å²) < 4.78 is 38.4. The summed E-state index contributed by atoms with van der Waals surface area (Å²) in [6, 6.07) is 11.5. The van der Waals surface area contributed by atoms with E-state index < -0.39 is 21.8 Å². The van der Waals surface area contributed by atoms with Gasteiger partial charge in [-0.15, -0.1) is 0 Å². The summed E-state index contributed by atoms with van der Waals surface area (Å²) in [6.07, 6.45) is 0. The predicted molar refractivity (Wildman–Crippen MR) is 125 cm³/mol. The normalized spacial score (nSPS) is 17.3. The van der Waals surface area contributed by atoms with E-state index in [1.165, 1.54) is 16.4 Å². The molecule has 182 valence electrons. The summed E-state index contributed by atoms with van der Waals surface area (Å²) in [5, 5.41) is 0. The zero-order valence-electron chi connectivity index (χ0n) is 19.0. The van der Waals surface area contributed by atoms with Crippen molar-refractivity contribution >= 4 is 27.5 Å². The van der Waals surface area contributed by atoms with Gasteiger partial charge in [0.15, 0.2) is 0 Å². The largest absolute Gasteiger partial charge is 0.379 e. The SMILES string of the molecule is Cc1ccccc1C(=O)NNC(=O)c1cc(S(=O)(=O)N2CCOCC2)ccc1N1CCOCC1. The molecule has 11 heteroatoms. The number of carbonyl (C=O) groups excluding carboxylic acids is 2. The second-order valence-electron chi connectivity index (χ2n) is 8.02. The van der Waals surface area contributed by atoms with Crippen molar-refractivity contribution in [1.29, 1.82) is 0 Å². The quantitative estimate of drug-likeness (QED) is 0.601. The molecule has 34 heavy (non-hydrogen) atoms. The first-order valence-electron chi connectivity index (χ1n) is 11.1. The first-order valence-corrected chi connectivity index (χ1v) is 12.5. The van der Waals surface area contributed by atoms with Crippen LogP contribution in [0.3, 0.4) is 0 Å². The molecule has 10 nitrogen and oxygen atoms in total. The lowest BCUT2D eigenvalue weighted by Gasteiger charge is -2.31. The van der Waals surface area contributed by atoms with Gasteiger partial charge in [-0.2, -0.15) is 4.31 Å². The van der Waals surface area contributed by atoms with Gasteiger partial charge in [0.1, 0.15) is 0 Å².